The van der Waals surface area contributed by atoms with E-state index in [1.807, 2.05) is 6.92 Å². The summed E-state index contributed by atoms with van der Waals surface area (Å²) in [7, 11) is 1.61. The molecular weight excluding hydrogens is 311 g/mol. The fraction of sp³-hybridized carbons (Fsp3) is 0.294. The van der Waals surface area contributed by atoms with Crippen LogP contribution in [0, 0.1) is 5.82 Å². The van der Waals surface area contributed by atoms with Crippen molar-refractivity contribution in [2.75, 3.05) is 13.7 Å². The molecule has 0 amide bonds. The standard InChI is InChI=1S/C17H21FN4O2/c1-12(11-23-2)22-17(19)21-9-13-5-6-16(15(18)8-13)24-14-4-3-7-20-10-14/h3-8,10,12H,9,11H2,1-2H3,(H3,19,21,22). The van der Waals surface area contributed by atoms with Gasteiger partial charge in [-0.15, -0.1) is 0 Å². The fourth-order valence-electron chi connectivity index (χ4n) is 2.03. The van der Waals surface area contributed by atoms with E-state index in [0.717, 1.165) is 0 Å². The van der Waals surface area contributed by atoms with Gasteiger partial charge in [0.2, 0.25) is 0 Å². The van der Waals surface area contributed by atoms with Crippen LogP contribution in [0.2, 0.25) is 0 Å². The van der Waals surface area contributed by atoms with Crippen molar-refractivity contribution in [2.45, 2.75) is 19.5 Å². The number of hydrogen-bond donors (Lipinski definition) is 2. The summed E-state index contributed by atoms with van der Waals surface area (Å²) < 4.78 is 24.6. The zero-order chi connectivity index (χ0) is 17.4. The summed E-state index contributed by atoms with van der Waals surface area (Å²) in [5.41, 5.74) is 6.47. The van der Waals surface area contributed by atoms with E-state index >= 15 is 0 Å². The molecule has 2 aromatic rings. The zero-order valence-corrected chi connectivity index (χ0v) is 13.7. The highest BCUT2D eigenvalue weighted by Crippen LogP contribution is 2.24. The SMILES string of the molecule is COCC(C)NC(N)=NCc1ccc(Oc2cccnc2)c(F)c1. The molecule has 128 valence electrons. The van der Waals surface area contributed by atoms with Gasteiger partial charge in [0, 0.05) is 19.3 Å². The average molecular weight is 332 g/mol. The molecule has 1 atom stereocenters. The molecule has 1 heterocycles. The first-order valence-corrected chi connectivity index (χ1v) is 7.50. The maximum atomic E-state index is 14.1. The van der Waals surface area contributed by atoms with Crippen molar-refractivity contribution < 1.29 is 13.9 Å². The highest BCUT2D eigenvalue weighted by atomic mass is 19.1. The Hall–Kier alpha value is -2.67. The Morgan fingerprint density at radius 2 is 2.25 bits per heavy atom. The summed E-state index contributed by atoms with van der Waals surface area (Å²) in [6.07, 6.45) is 3.14. The number of rotatable bonds is 7. The summed E-state index contributed by atoms with van der Waals surface area (Å²) in [6.45, 7) is 2.71. The van der Waals surface area contributed by atoms with Crippen LogP contribution < -0.4 is 15.8 Å². The summed E-state index contributed by atoms with van der Waals surface area (Å²) in [5, 5.41) is 2.99. The van der Waals surface area contributed by atoms with Crippen molar-refractivity contribution in [3.05, 3.63) is 54.1 Å². The third kappa shape index (κ3) is 5.51. The lowest BCUT2D eigenvalue weighted by Crippen LogP contribution is -2.40. The third-order valence-electron chi connectivity index (χ3n) is 3.10. The Labute approximate surface area is 140 Å². The van der Waals surface area contributed by atoms with Gasteiger partial charge in [-0.05, 0) is 36.8 Å². The molecule has 0 aliphatic rings. The predicted molar refractivity (Wildman–Crippen MR) is 90.5 cm³/mol. The molecule has 0 radical (unpaired) electrons. The van der Waals surface area contributed by atoms with Crippen LogP contribution in [0.4, 0.5) is 4.39 Å². The fourth-order valence-corrected chi connectivity index (χ4v) is 2.03. The van der Waals surface area contributed by atoms with Crippen LogP contribution in [0.1, 0.15) is 12.5 Å². The van der Waals surface area contributed by atoms with Crippen LogP contribution in [-0.4, -0.2) is 30.7 Å². The van der Waals surface area contributed by atoms with Gasteiger partial charge in [0.1, 0.15) is 5.75 Å². The quantitative estimate of drug-likeness (QED) is 0.601. The molecule has 2 rings (SSSR count). The van der Waals surface area contributed by atoms with Crippen LogP contribution in [0.3, 0.4) is 0 Å². The lowest BCUT2D eigenvalue weighted by molar-refractivity contribution is 0.179. The second-order valence-corrected chi connectivity index (χ2v) is 5.26. The van der Waals surface area contributed by atoms with Crippen molar-refractivity contribution in [1.82, 2.24) is 10.3 Å². The number of nitrogens with zero attached hydrogens (tertiary/aromatic N) is 2. The number of halogens is 1. The van der Waals surface area contributed by atoms with E-state index in [1.54, 1.807) is 37.6 Å². The predicted octanol–water partition coefficient (Wildman–Crippen LogP) is 2.45. The summed E-state index contributed by atoms with van der Waals surface area (Å²) in [4.78, 5) is 8.10. The topological polar surface area (TPSA) is 81.8 Å². The lowest BCUT2D eigenvalue weighted by Gasteiger charge is -2.13. The number of pyridine rings is 1. The van der Waals surface area contributed by atoms with Gasteiger partial charge in [-0.2, -0.15) is 0 Å². The molecule has 1 unspecified atom stereocenters. The Balaban J connectivity index is 1.96. The van der Waals surface area contributed by atoms with Gasteiger partial charge < -0.3 is 20.5 Å². The van der Waals surface area contributed by atoms with E-state index in [-0.39, 0.29) is 24.3 Å². The monoisotopic (exact) mass is 332 g/mol. The van der Waals surface area contributed by atoms with E-state index in [4.69, 9.17) is 15.2 Å². The Morgan fingerprint density at radius 3 is 2.92 bits per heavy atom. The van der Waals surface area contributed by atoms with E-state index in [1.165, 1.54) is 12.3 Å². The number of nitrogens with one attached hydrogen (secondary N) is 1. The number of methoxy groups -OCH3 is 1. The number of nitrogens with two attached hydrogens (primary N) is 1. The molecule has 0 fully saturated rings. The molecule has 0 saturated carbocycles. The summed E-state index contributed by atoms with van der Waals surface area (Å²) in [6, 6.07) is 8.15. The van der Waals surface area contributed by atoms with E-state index in [2.05, 4.69) is 15.3 Å². The van der Waals surface area contributed by atoms with Gasteiger partial charge >= 0.3 is 0 Å². The summed E-state index contributed by atoms with van der Waals surface area (Å²) in [5.74, 6) is 0.430. The van der Waals surface area contributed by atoms with Gasteiger partial charge in [-0.3, -0.25) is 4.98 Å². The van der Waals surface area contributed by atoms with Crippen LogP contribution in [0.25, 0.3) is 0 Å². The van der Waals surface area contributed by atoms with Gasteiger partial charge in [0.15, 0.2) is 17.5 Å². The molecule has 1 aromatic heterocycles. The van der Waals surface area contributed by atoms with Gasteiger partial charge in [-0.1, -0.05) is 6.07 Å². The molecule has 0 aliphatic carbocycles. The third-order valence-corrected chi connectivity index (χ3v) is 3.10. The Kier molecular flexibility index (Phi) is 6.51. The minimum atomic E-state index is -0.467. The summed E-state index contributed by atoms with van der Waals surface area (Å²) >= 11 is 0. The number of ether oxygens (including phenoxy) is 2. The normalized spacial score (nSPS) is 12.7. The Morgan fingerprint density at radius 1 is 1.42 bits per heavy atom. The molecule has 3 N–H and O–H groups in total. The van der Waals surface area contributed by atoms with Crippen molar-refractivity contribution >= 4 is 5.96 Å². The number of aliphatic imine (C=N–C) groups is 1. The highest BCUT2D eigenvalue weighted by Gasteiger charge is 2.07. The van der Waals surface area contributed by atoms with Crippen molar-refractivity contribution in [2.24, 2.45) is 10.7 Å². The molecule has 0 aliphatic heterocycles. The molecule has 7 heteroatoms. The smallest absolute Gasteiger partial charge is 0.189 e. The maximum Gasteiger partial charge on any atom is 0.189 e. The molecular formula is C17H21FN4O2. The van der Waals surface area contributed by atoms with Crippen LogP contribution in [0.15, 0.2) is 47.7 Å². The van der Waals surface area contributed by atoms with Crippen molar-refractivity contribution in [3.8, 4) is 11.5 Å². The van der Waals surface area contributed by atoms with Crippen LogP contribution >= 0.6 is 0 Å². The number of guanidine groups is 1. The van der Waals surface area contributed by atoms with Crippen LogP contribution in [0.5, 0.6) is 11.5 Å². The van der Waals surface area contributed by atoms with Crippen molar-refractivity contribution in [1.29, 1.82) is 0 Å². The van der Waals surface area contributed by atoms with Gasteiger partial charge in [-0.25, -0.2) is 9.38 Å². The zero-order valence-electron chi connectivity index (χ0n) is 13.7. The Bertz CT molecular complexity index is 680. The second-order valence-electron chi connectivity index (χ2n) is 5.26. The molecule has 24 heavy (non-hydrogen) atoms. The molecule has 0 saturated heterocycles. The van der Waals surface area contributed by atoms with Gasteiger partial charge in [0.25, 0.3) is 0 Å². The molecule has 0 spiro atoms. The van der Waals surface area contributed by atoms with Crippen molar-refractivity contribution in [3.63, 3.8) is 0 Å². The molecule has 0 bridgehead atoms. The second kappa shape index (κ2) is 8.83. The van der Waals surface area contributed by atoms with E-state index in [0.29, 0.717) is 17.9 Å². The van der Waals surface area contributed by atoms with E-state index < -0.39 is 5.82 Å². The first kappa shape index (κ1) is 17.7. The highest BCUT2D eigenvalue weighted by molar-refractivity contribution is 5.78. The minimum absolute atomic E-state index is 0.0470. The number of benzene rings is 1. The number of hydrogen-bond acceptors (Lipinski definition) is 4. The largest absolute Gasteiger partial charge is 0.453 e. The maximum absolute atomic E-state index is 14.1. The average Bonchev–Trinajstić information content (AvgIpc) is 2.56. The number of aromatic nitrogens is 1. The minimum Gasteiger partial charge on any atom is -0.453 e. The first-order chi connectivity index (χ1) is 11.6. The lowest BCUT2D eigenvalue weighted by atomic mass is 10.2. The van der Waals surface area contributed by atoms with Gasteiger partial charge in [0.05, 0.1) is 19.3 Å². The molecule has 1 aromatic carbocycles. The molecule has 6 nitrogen and oxygen atoms in total. The van der Waals surface area contributed by atoms with E-state index in [9.17, 15) is 4.39 Å². The first-order valence-electron chi connectivity index (χ1n) is 7.50. The van der Waals surface area contributed by atoms with Crippen LogP contribution in [-0.2, 0) is 11.3 Å².